The molecule has 4 heteroatoms. The average molecular weight is 256 g/mol. The molecule has 94 valence electrons. The number of halogens is 1. The second-order valence-electron chi connectivity index (χ2n) is 4.91. The molecule has 17 heavy (non-hydrogen) atoms. The highest BCUT2D eigenvalue weighted by Gasteiger charge is 2.22. The third-order valence-electron chi connectivity index (χ3n) is 2.39. The standard InChI is InChI=1S/C13H18ClNO2/c1-9-6-5-7-10(11(9)14)12(16)15(4)8-13(2,3)17/h5-7,17H,8H2,1-4H3. The first-order chi connectivity index (χ1) is 7.72. The van der Waals surface area contributed by atoms with Crippen LogP contribution < -0.4 is 0 Å². The summed E-state index contributed by atoms with van der Waals surface area (Å²) in [6, 6.07) is 5.35. The summed E-state index contributed by atoms with van der Waals surface area (Å²) in [5.74, 6) is -0.180. The van der Waals surface area contributed by atoms with Crippen molar-refractivity contribution in [2.24, 2.45) is 0 Å². The van der Waals surface area contributed by atoms with Crippen molar-refractivity contribution in [2.75, 3.05) is 13.6 Å². The average Bonchev–Trinajstić information content (AvgIpc) is 2.18. The van der Waals surface area contributed by atoms with Crippen molar-refractivity contribution >= 4 is 17.5 Å². The lowest BCUT2D eigenvalue weighted by Gasteiger charge is -2.26. The summed E-state index contributed by atoms with van der Waals surface area (Å²) in [5, 5.41) is 10.2. The van der Waals surface area contributed by atoms with Gasteiger partial charge >= 0.3 is 0 Å². The number of benzene rings is 1. The normalized spacial score (nSPS) is 11.4. The third kappa shape index (κ3) is 3.72. The summed E-state index contributed by atoms with van der Waals surface area (Å²) in [4.78, 5) is 13.6. The molecule has 0 bridgehead atoms. The third-order valence-corrected chi connectivity index (χ3v) is 2.89. The highest BCUT2D eigenvalue weighted by atomic mass is 35.5. The fourth-order valence-corrected chi connectivity index (χ4v) is 1.88. The number of rotatable bonds is 3. The quantitative estimate of drug-likeness (QED) is 0.902. The molecule has 0 atom stereocenters. The predicted molar refractivity (Wildman–Crippen MR) is 69.4 cm³/mol. The summed E-state index contributed by atoms with van der Waals surface area (Å²) in [6.45, 7) is 5.44. The van der Waals surface area contributed by atoms with Crippen LogP contribution in [0.5, 0.6) is 0 Å². The minimum Gasteiger partial charge on any atom is -0.389 e. The Hall–Kier alpha value is -1.06. The van der Waals surface area contributed by atoms with Gasteiger partial charge in [0.1, 0.15) is 0 Å². The Morgan fingerprint density at radius 3 is 2.59 bits per heavy atom. The van der Waals surface area contributed by atoms with Crippen LogP contribution in [0.25, 0.3) is 0 Å². The second-order valence-corrected chi connectivity index (χ2v) is 5.29. The van der Waals surface area contributed by atoms with E-state index in [0.717, 1.165) is 5.56 Å². The van der Waals surface area contributed by atoms with Crippen LogP contribution in [-0.4, -0.2) is 35.1 Å². The lowest BCUT2D eigenvalue weighted by Crippen LogP contribution is -2.39. The van der Waals surface area contributed by atoms with Crippen molar-refractivity contribution in [3.63, 3.8) is 0 Å². The molecule has 1 amide bonds. The molecule has 0 unspecified atom stereocenters. The van der Waals surface area contributed by atoms with Gasteiger partial charge in [-0.05, 0) is 32.4 Å². The lowest BCUT2D eigenvalue weighted by atomic mass is 10.1. The van der Waals surface area contributed by atoms with Crippen LogP contribution in [0.4, 0.5) is 0 Å². The Bertz CT molecular complexity index is 424. The van der Waals surface area contributed by atoms with Crippen LogP contribution in [0.3, 0.4) is 0 Å². The molecule has 0 saturated heterocycles. The van der Waals surface area contributed by atoms with Crippen molar-refractivity contribution in [3.8, 4) is 0 Å². The van der Waals surface area contributed by atoms with Gasteiger partial charge in [-0.3, -0.25) is 4.79 Å². The SMILES string of the molecule is Cc1cccc(C(=O)N(C)CC(C)(C)O)c1Cl. The number of nitrogens with zero attached hydrogens (tertiary/aromatic N) is 1. The molecule has 1 N–H and O–H groups in total. The molecule has 0 heterocycles. The maximum Gasteiger partial charge on any atom is 0.255 e. The lowest BCUT2D eigenvalue weighted by molar-refractivity contribution is 0.0368. The maximum absolute atomic E-state index is 12.1. The van der Waals surface area contributed by atoms with Crippen LogP contribution in [0.2, 0.25) is 5.02 Å². The van der Waals surface area contributed by atoms with E-state index in [-0.39, 0.29) is 12.5 Å². The highest BCUT2D eigenvalue weighted by Crippen LogP contribution is 2.21. The van der Waals surface area contributed by atoms with Gasteiger partial charge in [-0.15, -0.1) is 0 Å². The van der Waals surface area contributed by atoms with Gasteiger partial charge in [-0.2, -0.15) is 0 Å². The molecule has 0 aliphatic carbocycles. The van der Waals surface area contributed by atoms with Crippen molar-refractivity contribution in [3.05, 3.63) is 34.3 Å². The van der Waals surface area contributed by atoms with Gasteiger partial charge in [0, 0.05) is 13.6 Å². The molecule has 0 aliphatic rings. The number of amides is 1. The Kier molecular flexibility index (Phi) is 4.17. The van der Waals surface area contributed by atoms with E-state index in [2.05, 4.69) is 0 Å². The number of hydrogen-bond acceptors (Lipinski definition) is 2. The number of carbonyl (C=O) groups is 1. The van der Waals surface area contributed by atoms with E-state index in [1.807, 2.05) is 13.0 Å². The summed E-state index contributed by atoms with van der Waals surface area (Å²) in [6.07, 6.45) is 0. The largest absolute Gasteiger partial charge is 0.389 e. The molecule has 0 fully saturated rings. The Balaban J connectivity index is 2.93. The number of hydrogen-bond donors (Lipinski definition) is 1. The van der Waals surface area contributed by atoms with Crippen LogP contribution in [0, 0.1) is 6.92 Å². The molecule has 0 aromatic heterocycles. The van der Waals surface area contributed by atoms with Crippen molar-refractivity contribution in [2.45, 2.75) is 26.4 Å². The molecule has 1 aromatic rings. The second kappa shape index (κ2) is 5.07. The summed E-state index contributed by atoms with van der Waals surface area (Å²) in [7, 11) is 1.65. The van der Waals surface area contributed by atoms with E-state index in [9.17, 15) is 9.90 Å². The van der Waals surface area contributed by atoms with Crippen LogP contribution in [-0.2, 0) is 0 Å². The first-order valence-electron chi connectivity index (χ1n) is 5.45. The fourth-order valence-electron chi connectivity index (χ4n) is 1.67. The van der Waals surface area contributed by atoms with Gasteiger partial charge in [0.15, 0.2) is 0 Å². The molecule has 3 nitrogen and oxygen atoms in total. The van der Waals surface area contributed by atoms with Crippen molar-refractivity contribution in [1.82, 2.24) is 4.90 Å². The molecular formula is C13H18ClNO2. The van der Waals surface area contributed by atoms with Gasteiger partial charge in [-0.1, -0.05) is 23.7 Å². The first kappa shape index (κ1) is 14.0. The number of aryl methyl sites for hydroxylation is 1. The summed E-state index contributed by atoms with van der Waals surface area (Å²) >= 11 is 6.09. The van der Waals surface area contributed by atoms with Crippen LogP contribution in [0.1, 0.15) is 29.8 Å². The Labute approximate surface area is 107 Å². The maximum atomic E-state index is 12.1. The van der Waals surface area contributed by atoms with Gasteiger partial charge in [0.25, 0.3) is 5.91 Å². The number of aliphatic hydroxyl groups is 1. The minimum atomic E-state index is -0.916. The molecule has 1 aromatic carbocycles. The topological polar surface area (TPSA) is 40.5 Å². The van der Waals surface area contributed by atoms with Crippen molar-refractivity contribution < 1.29 is 9.90 Å². The van der Waals surface area contributed by atoms with Crippen LogP contribution in [0.15, 0.2) is 18.2 Å². The van der Waals surface area contributed by atoms with E-state index < -0.39 is 5.60 Å². The molecule has 0 aliphatic heterocycles. The number of carbonyl (C=O) groups excluding carboxylic acids is 1. The zero-order valence-electron chi connectivity index (χ0n) is 10.6. The smallest absolute Gasteiger partial charge is 0.255 e. The zero-order chi connectivity index (χ0) is 13.2. The van der Waals surface area contributed by atoms with Gasteiger partial charge < -0.3 is 10.0 Å². The van der Waals surface area contributed by atoms with Gasteiger partial charge in [0.2, 0.25) is 0 Å². The van der Waals surface area contributed by atoms with E-state index >= 15 is 0 Å². The molecule has 0 spiro atoms. The van der Waals surface area contributed by atoms with Gasteiger partial charge in [-0.25, -0.2) is 0 Å². The summed E-state index contributed by atoms with van der Waals surface area (Å²) in [5.41, 5.74) is 0.424. The summed E-state index contributed by atoms with van der Waals surface area (Å²) < 4.78 is 0. The van der Waals surface area contributed by atoms with E-state index in [1.54, 1.807) is 33.0 Å². The van der Waals surface area contributed by atoms with Crippen LogP contribution >= 0.6 is 11.6 Å². The number of likely N-dealkylation sites (N-methyl/N-ethyl adjacent to an activating group) is 1. The zero-order valence-corrected chi connectivity index (χ0v) is 11.4. The monoisotopic (exact) mass is 255 g/mol. The molecule has 0 radical (unpaired) electrons. The van der Waals surface area contributed by atoms with Gasteiger partial charge in [0.05, 0.1) is 16.2 Å². The minimum absolute atomic E-state index is 0.180. The highest BCUT2D eigenvalue weighted by molar-refractivity contribution is 6.34. The van der Waals surface area contributed by atoms with E-state index in [1.165, 1.54) is 4.90 Å². The van der Waals surface area contributed by atoms with E-state index in [4.69, 9.17) is 11.6 Å². The predicted octanol–water partition coefficient (Wildman–Crippen LogP) is 2.49. The fraction of sp³-hybridized carbons (Fsp3) is 0.462. The molecule has 0 saturated carbocycles. The Morgan fingerprint density at radius 2 is 2.06 bits per heavy atom. The first-order valence-corrected chi connectivity index (χ1v) is 5.83. The Morgan fingerprint density at radius 1 is 1.47 bits per heavy atom. The molecular weight excluding hydrogens is 238 g/mol. The van der Waals surface area contributed by atoms with Crippen molar-refractivity contribution in [1.29, 1.82) is 0 Å². The van der Waals surface area contributed by atoms with E-state index in [0.29, 0.717) is 10.6 Å². The molecule has 1 rings (SSSR count).